The van der Waals surface area contributed by atoms with E-state index in [0.717, 1.165) is 0 Å². The van der Waals surface area contributed by atoms with Crippen molar-refractivity contribution in [3.63, 3.8) is 0 Å². The lowest BCUT2D eigenvalue weighted by atomic mass is 10.1. The van der Waals surface area contributed by atoms with E-state index in [1.807, 2.05) is 13.8 Å². The molecule has 0 N–H and O–H groups in total. The number of carbonyl (C=O) groups is 1. The van der Waals surface area contributed by atoms with Crippen molar-refractivity contribution in [1.82, 2.24) is 4.90 Å². The topological polar surface area (TPSA) is 38.8 Å². The molecule has 19 heavy (non-hydrogen) atoms. The third kappa shape index (κ3) is 3.07. The van der Waals surface area contributed by atoms with E-state index in [9.17, 15) is 4.79 Å². The fourth-order valence-electron chi connectivity index (χ4n) is 1.74. The minimum Gasteiger partial charge on any atom is -0.495 e. The van der Waals surface area contributed by atoms with Gasteiger partial charge in [-0.05, 0) is 13.8 Å². The molecule has 0 aliphatic rings. The number of methoxy groups -OCH3 is 2. The first-order valence-corrected chi connectivity index (χ1v) is 6.66. The molecule has 106 valence electrons. The highest BCUT2D eigenvalue weighted by atomic mass is 35.5. The molecule has 1 amide bonds. The summed E-state index contributed by atoms with van der Waals surface area (Å²) in [7, 11) is 2.94. The van der Waals surface area contributed by atoms with Gasteiger partial charge in [-0.3, -0.25) is 4.79 Å². The van der Waals surface area contributed by atoms with E-state index in [-0.39, 0.29) is 21.5 Å². The monoisotopic (exact) mass is 305 g/mol. The number of nitrogens with zero attached hydrogens (tertiary/aromatic N) is 1. The SMILES string of the molecule is CCN(CC)C(=O)c1c(Cl)c(OC)cc(OC)c1Cl. The molecule has 1 aromatic rings. The average molecular weight is 306 g/mol. The summed E-state index contributed by atoms with van der Waals surface area (Å²) in [5.74, 6) is 0.481. The Hall–Kier alpha value is -1.13. The van der Waals surface area contributed by atoms with Crippen LogP contribution in [-0.2, 0) is 0 Å². The van der Waals surface area contributed by atoms with Crippen LogP contribution in [0.2, 0.25) is 10.0 Å². The molecule has 0 saturated heterocycles. The first kappa shape index (κ1) is 15.9. The van der Waals surface area contributed by atoms with Crippen LogP contribution in [0.4, 0.5) is 0 Å². The Morgan fingerprint density at radius 1 is 1.11 bits per heavy atom. The van der Waals surface area contributed by atoms with Crippen molar-refractivity contribution in [2.75, 3.05) is 27.3 Å². The maximum atomic E-state index is 12.4. The van der Waals surface area contributed by atoms with Crippen LogP contribution in [0.1, 0.15) is 24.2 Å². The molecular formula is C13H17Cl2NO3. The summed E-state index contributed by atoms with van der Waals surface area (Å²) in [6, 6.07) is 1.56. The van der Waals surface area contributed by atoms with Gasteiger partial charge in [0.15, 0.2) is 0 Å². The first-order valence-electron chi connectivity index (χ1n) is 5.90. The van der Waals surface area contributed by atoms with Crippen molar-refractivity contribution < 1.29 is 14.3 Å². The van der Waals surface area contributed by atoms with Crippen LogP contribution in [0.3, 0.4) is 0 Å². The molecule has 0 saturated carbocycles. The highest BCUT2D eigenvalue weighted by Gasteiger charge is 2.25. The number of amides is 1. The molecule has 0 aromatic heterocycles. The van der Waals surface area contributed by atoms with Crippen molar-refractivity contribution in [3.05, 3.63) is 21.7 Å². The summed E-state index contributed by atoms with van der Waals surface area (Å²) < 4.78 is 10.3. The van der Waals surface area contributed by atoms with Gasteiger partial charge in [0.1, 0.15) is 11.5 Å². The van der Waals surface area contributed by atoms with Gasteiger partial charge in [-0.1, -0.05) is 23.2 Å². The van der Waals surface area contributed by atoms with Gasteiger partial charge < -0.3 is 14.4 Å². The summed E-state index contributed by atoms with van der Waals surface area (Å²) in [6.07, 6.45) is 0. The molecule has 1 aromatic carbocycles. The van der Waals surface area contributed by atoms with E-state index < -0.39 is 0 Å². The second-order valence-electron chi connectivity index (χ2n) is 3.76. The average Bonchev–Trinajstić information content (AvgIpc) is 2.40. The van der Waals surface area contributed by atoms with Gasteiger partial charge in [0.25, 0.3) is 5.91 Å². The van der Waals surface area contributed by atoms with E-state index >= 15 is 0 Å². The lowest BCUT2D eigenvalue weighted by molar-refractivity contribution is 0.0772. The molecular weight excluding hydrogens is 289 g/mol. The molecule has 0 heterocycles. The Morgan fingerprint density at radius 2 is 1.53 bits per heavy atom. The largest absolute Gasteiger partial charge is 0.495 e. The number of hydrogen-bond donors (Lipinski definition) is 0. The highest BCUT2D eigenvalue weighted by molar-refractivity contribution is 6.41. The van der Waals surface area contributed by atoms with Crippen LogP contribution in [0.15, 0.2) is 6.07 Å². The number of halogens is 2. The quantitative estimate of drug-likeness (QED) is 0.836. The predicted molar refractivity (Wildman–Crippen MR) is 76.8 cm³/mol. The molecule has 0 spiro atoms. The third-order valence-corrected chi connectivity index (χ3v) is 3.59. The molecule has 0 aliphatic heterocycles. The molecule has 0 fully saturated rings. The standard InChI is InChI=1S/C13H17Cl2NO3/c1-5-16(6-2)13(17)10-11(14)8(18-3)7-9(19-4)12(10)15/h7H,5-6H2,1-4H3. The summed E-state index contributed by atoms with van der Waals surface area (Å²) in [6.45, 7) is 4.92. The summed E-state index contributed by atoms with van der Waals surface area (Å²) >= 11 is 12.4. The second kappa shape index (κ2) is 6.87. The summed E-state index contributed by atoms with van der Waals surface area (Å²) in [5.41, 5.74) is 0.211. The first-order chi connectivity index (χ1) is 9.01. The van der Waals surface area contributed by atoms with Crippen LogP contribution < -0.4 is 9.47 Å². The second-order valence-corrected chi connectivity index (χ2v) is 4.52. The number of carbonyl (C=O) groups excluding carboxylic acids is 1. The highest BCUT2D eigenvalue weighted by Crippen LogP contribution is 2.40. The summed E-state index contributed by atoms with van der Waals surface area (Å²) in [4.78, 5) is 14.1. The molecule has 1 rings (SSSR count). The molecule has 6 heteroatoms. The van der Waals surface area contributed by atoms with Crippen molar-refractivity contribution in [1.29, 1.82) is 0 Å². The smallest absolute Gasteiger partial charge is 0.257 e. The Bertz CT molecular complexity index is 445. The van der Waals surface area contributed by atoms with Gasteiger partial charge in [-0.15, -0.1) is 0 Å². The third-order valence-electron chi connectivity index (χ3n) is 2.84. The zero-order chi connectivity index (χ0) is 14.6. The number of rotatable bonds is 5. The van der Waals surface area contributed by atoms with E-state index in [2.05, 4.69) is 0 Å². The Kier molecular flexibility index (Phi) is 5.76. The summed E-state index contributed by atoms with van der Waals surface area (Å²) in [5, 5.41) is 0.399. The van der Waals surface area contributed by atoms with E-state index in [0.29, 0.717) is 24.6 Å². The molecule has 0 atom stereocenters. The Morgan fingerprint density at radius 3 is 1.84 bits per heavy atom. The number of benzene rings is 1. The van der Waals surface area contributed by atoms with Gasteiger partial charge in [0.2, 0.25) is 0 Å². The van der Waals surface area contributed by atoms with Crippen LogP contribution in [0.25, 0.3) is 0 Å². The van der Waals surface area contributed by atoms with Gasteiger partial charge in [0.05, 0.1) is 29.8 Å². The molecule has 0 aliphatic carbocycles. The van der Waals surface area contributed by atoms with Crippen LogP contribution in [-0.4, -0.2) is 38.1 Å². The van der Waals surface area contributed by atoms with Gasteiger partial charge >= 0.3 is 0 Å². The zero-order valence-electron chi connectivity index (χ0n) is 11.4. The van der Waals surface area contributed by atoms with Crippen LogP contribution in [0.5, 0.6) is 11.5 Å². The van der Waals surface area contributed by atoms with Crippen LogP contribution in [0, 0.1) is 0 Å². The number of ether oxygens (including phenoxy) is 2. The van der Waals surface area contributed by atoms with Gasteiger partial charge in [-0.2, -0.15) is 0 Å². The maximum Gasteiger partial charge on any atom is 0.257 e. The molecule has 0 bridgehead atoms. The maximum absolute atomic E-state index is 12.4. The van der Waals surface area contributed by atoms with Crippen LogP contribution >= 0.6 is 23.2 Å². The fraction of sp³-hybridized carbons (Fsp3) is 0.462. The Labute approximate surface area is 123 Å². The van der Waals surface area contributed by atoms with E-state index in [1.54, 1.807) is 11.0 Å². The van der Waals surface area contributed by atoms with E-state index in [4.69, 9.17) is 32.7 Å². The molecule has 4 nitrogen and oxygen atoms in total. The predicted octanol–water partition coefficient (Wildman–Crippen LogP) is 3.49. The van der Waals surface area contributed by atoms with Crippen molar-refractivity contribution >= 4 is 29.1 Å². The normalized spacial score (nSPS) is 10.2. The Balaban J connectivity index is 3.44. The van der Waals surface area contributed by atoms with Crippen molar-refractivity contribution in [2.45, 2.75) is 13.8 Å². The minimum atomic E-state index is -0.239. The fourth-order valence-corrected chi connectivity index (χ4v) is 2.40. The lowest BCUT2D eigenvalue weighted by Crippen LogP contribution is -2.31. The molecule has 0 radical (unpaired) electrons. The lowest BCUT2D eigenvalue weighted by Gasteiger charge is -2.21. The number of hydrogen-bond acceptors (Lipinski definition) is 3. The van der Waals surface area contributed by atoms with Crippen molar-refractivity contribution in [2.24, 2.45) is 0 Å². The molecule has 0 unspecified atom stereocenters. The minimum absolute atomic E-state index is 0.199. The van der Waals surface area contributed by atoms with Crippen molar-refractivity contribution in [3.8, 4) is 11.5 Å². The van der Waals surface area contributed by atoms with Gasteiger partial charge in [0, 0.05) is 19.2 Å². The van der Waals surface area contributed by atoms with Gasteiger partial charge in [-0.25, -0.2) is 0 Å². The zero-order valence-corrected chi connectivity index (χ0v) is 12.9. The van der Waals surface area contributed by atoms with E-state index in [1.165, 1.54) is 14.2 Å².